The van der Waals surface area contributed by atoms with Gasteiger partial charge in [0.2, 0.25) is 12.7 Å². The molecule has 0 saturated carbocycles. The van der Waals surface area contributed by atoms with E-state index in [9.17, 15) is 14.4 Å². The number of amides is 3. The highest BCUT2D eigenvalue weighted by Crippen LogP contribution is 2.36. The van der Waals surface area contributed by atoms with E-state index in [4.69, 9.17) is 37.4 Å². The van der Waals surface area contributed by atoms with Crippen molar-refractivity contribution in [2.24, 2.45) is 0 Å². The summed E-state index contributed by atoms with van der Waals surface area (Å²) in [6, 6.07) is 17.2. The van der Waals surface area contributed by atoms with Gasteiger partial charge < -0.3 is 19.5 Å². The topological polar surface area (TPSA) is 94.2 Å². The zero-order valence-electron chi connectivity index (χ0n) is 19.0. The first-order chi connectivity index (χ1) is 17.9. The lowest BCUT2D eigenvalue weighted by atomic mass is 10.1. The maximum Gasteiger partial charge on any atom is 0.294 e. The van der Waals surface area contributed by atoms with E-state index in [0.717, 1.165) is 22.2 Å². The Labute approximate surface area is 226 Å². The second-order valence-electron chi connectivity index (χ2n) is 7.98. The van der Waals surface area contributed by atoms with Crippen LogP contribution in [0.2, 0.25) is 10.0 Å². The highest BCUT2D eigenvalue weighted by Gasteiger charge is 2.36. The quantitative estimate of drug-likeness (QED) is 0.358. The van der Waals surface area contributed by atoms with Crippen LogP contribution in [0.25, 0.3) is 6.08 Å². The van der Waals surface area contributed by atoms with Crippen LogP contribution < -0.4 is 19.5 Å². The van der Waals surface area contributed by atoms with Crippen LogP contribution in [0.15, 0.2) is 65.6 Å². The molecule has 11 heteroatoms. The van der Waals surface area contributed by atoms with E-state index in [2.05, 4.69) is 5.32 Å². The van der Waals surface area contributed by atoms with Crippen molar-refractivity contribution >= 4 is 63.8 Å². The Hall–Kier alpha value is -3.66. The second-order valence-corrected chi connectivity index (χ2v) is 9.85. The number of anilines is 1. The molecule has 3 aromatic carbocycles. The zero-order chi connectivity index (χ0) is 25.9. The molecule has 3 aromatic rings. The number of hydrogen-bond acceptors (Lipinski definition) is 7. The number of thioether (sulfide) groups is 1. The molecule has 1 fully saturated rings. The van der Waals surface area contributed by atoms with Gasteiger partial charge in [0, 0.05) is 27.4 Å². The van der Waals surface area contributed by atoms with Gasteiger partial charge in [0.15, 0.2) is 11.5 Å². The van der Waals surface area contributed by atoms with Gasteiger partial charge in [-0.25, -0.2) is 0 Å². The standard InChI is InChI=1S/C26H18Cl2N2O6S/c27-17-3-1-2-15(8-17)13-34-20-6-4-18(28)9-16(20)10-23-25(32)30(26(33)37-23)12-24(31)29-19-5-7-21-22(11-19)36-14-35-21/h1-11H,12-14H2,(H,29,31)/b23-10+. The van der Waals surface area contributed by atoms with Crippen LogP contribution >= 0.6 is 35.0 Å². The minimum atomic E-state index is -0.586. The summed E-state index contributed by atoms with van der Waals surface area (Å²) < 4.78 is 16.5. The van der Waals surface area contributed by atoms with E-state index in [0.29, 0.717) is 38.5 Å². The number of halogens is 2. The molecule has 188 valence electrons. The number of nitrogens with one attached hydrogen (secondary N) is 1. The number of imide groups is 1. The van der Waals surface area contributed by atoms with E-state index in [-0.39, 0.29) is 18.3 Å². The van der Waals surface area contributed by atoms with Crippen LogP contribution in [0.5, 0.6) is 17.2 Å². The largest absolute Gasteiger partial charge is 0.488 e. The highest BCUT2D eigenvalue weighted by molar-refractivity contribution is 8.18. The molecule has 0 atom stereocenters. The van der Waals surface area contributed by atoms with Crippen molar-refractivity contribution in [1.29, 1.82) is 0 Å². The second kappa shape index (κ2) is 10.8. The monoisotopic (exact) mass is 556 g/mol. The summed E-state index contributed by atoms with van der Waals surface area (Å²) in [6.45, 7) is -0.0928. The van der Waals surface area contributed by atoms with Gasteiger partial charge in [-0.2, -0.15) is 0 Å². The van der Waals surface area contributed by atoms with E-state index in [1.807, 2.05) is 12.1 Å². The molecule has 0 unspecified atom stereocenters. The molecule has 0 spiro atoms. The number of fused-ring (bicyclic) bond motifs is 1. The van der Waals surface area contributed by atoms with Gasteiger partial charge in [0.25, 0.3) is 11.1 Å². The Bertz CT molecular complexity index is 1440. The third kappa shape index (κ3) is 5.85. The maximum absolute atomic E-state index is 13.0. The minimum Gasteiger partial charge on any atom is -0.488 e. The number of benzene rings is 3. The number of hydrogen-bond donors (Lipinski definition) is 1. The van der Waals surface area contributed by atoms with Gasteiger partial charge >= 0.3 is 0 Å². The first kappa shape index (κ1) is 25.0. The third-order valence-corrected chi connectivity index (χ3v) is 6.75. The fourth-order valence-corrected chi connectivity index (χ4v) is 4.87. The van der Waals surface area contributed by atoms with E-state index < -0.39 is 23.6 Å². The molecule has 2 heterocycles. The molecule has 1 saturated heterocycles. The summed E-state index contributed by atoms with van der Waals surface area (Å²) >= 11 is 13.0. The Kier molecular flexibility index (Phi) is 7.27. The fraction of sp³-hybridized carbons (Fsp3) is 0.115. The van der Waals surface area contributed by atoms with Crippen molar-refractivity contribution in [2.45, 2.75) is 6.61 Å². The average Bonchev–Trinajstić information content (AvgIpc) is 3.43. The Morgan fingerprint density at radius 3 is 2.68 bits per heavy atom. The zero-order valence-corrected chi connectivity index (χ0v) is 21.4. The molecule has 37 heavy (non-hydrogen) atoms. The lowest BCUT2D eigenvalue weighted by Gasteiger charge is -2.13. The first-order valence-electron chi connectivity index (χ1n) is 11.0. The van der Waals surface area contributed by atoms with Crippen LogP contribution in [0.3, 0.4) is 0 Å². The average molecular weight is 557 g/mol. The van der Waals surface area contributed by atoms with Gasteiger partial charge in [-0.05, 0) is 65.9 Å². The minimum absolute atomic E-state index is 0.107. The summed E-state index contributed by atoms with van der Waals surface area (Å²) in [5, 5.41) is 3.13. The lowest BCUT2D eigenvalue weighted by molar-refractivity contribution is -0.127. The molecule has 0 bridgehead atoms. The Morgan fingerprint density at radius 2 is 1.84 bits per heavy atom. The van der Waals surface area contributed by atoms with Crippen LogP contribution in [0.4, 0.5) is 10.5 Å². The third-order valence-electron chi connectivity index (χ3n) is 5.37. The first-order valence-corrected chi connectivity index (χ1v) is 12.5. The van der Waals surface area contributed by atoms with Crippen molar-refractivity contribution in [3.63, 3.8) is 0 Å². The Morgan fingerprint density at radius 1 is 1.03 bits per heavy atom. The van der Waals surface area contributed by atoms with Crippen molar-refractivity contribution in [3.8, 4) is 17.2 Å². The van der Waals surface area contributed by atoms with Crippen molar-refractivity contribution < 1.29 is 28.6 Å². The smallest absolute Gasteiger partial charge is 0.294 e. The number of carbonyl (C=O) groups excluding carboxylic acids is 3. The van der Waals surface area contributed by atoms with Crippen LogP contribution in [-0.2, 0) is 16.2 Å². The van der Waals surface area contributed by atoms with Crippen LogP contribution in [0.1, 0.15) is 11.1 Å². The summed E-state index contributed by atoms with van der Waals surface area (Å²) in [6.07, 6.45) is 1.53. The van der Waals surface area contributed by atoms with E-state index in [1.165, 1.54) is 6.08 Å². The number of nitrogens with zero attached hydrogens (tertiary/aromatic N) is 1. The van der Waals surface area contributed by atoms with E-state index in [1.54, 1.807) is 48.5 Å². The van der Waals surface area contributed by atoms with Crippen molar-refractivity contribution in [2.75, 3.05) is 18.7 Å². The predicted octanol–water partition coefficient (Wildman–Crippen LogP) is 5.98. The number of carbonyl (C=O) groups is 3. The summed E-state index contributed by atoms with van der Waals surface area (Å²) in [5.74, 6) is 0.428. The molecule has 5 rings (SSSR count). The Balaban J connectivity index is 1.28. The molecule has 1 N–H and O–H groups in total. The van der Waals surface area contributed by atoms with Crippen molar-refractivity contribution in [3.05, 3.63) is 86.7 Å². The number of rotatable bonds is 7. The molecule has 2 aliphatic rings. The van der Waals surface area contributed by atoms with Gasteiger partial charge in [-0.1, -0.05) is 35.3 Å². The molecule has 0 aromatic heterocycles. The molecule has 2 aliphatic heterocycles. The van der Waals surface area contributed by atoms with Gasteiger partial charge in [-0.15, -0.1) is 0 Å². The van der Waals surface area contributed by atoms with Crippen LogP contribution in [-0.4, -0.2) is 35.3 Å². The normalized spacial score (nSPS) is 15.4. The molecular formula is C26H18Cl2N2O6S. The molecule has 0 aliphatic carbocycles. The lowest BCUT2D eigenvalue weighted by Crippen LogP contribution is -2.36. The van der Waals surface area contributed by atoms with Crippen LogP contribution in [0, 0.1) is 0 Å². The fourth-order valence-electron chi connectivity index (χ4n) is 3.65. The molecule has 8 nitrogen and oxygen atoms in total. The van der Waals surface area contributed by atoms with E-state index >= 15 is 0 Å². The molecule has 0 radical (unpaired) electrons. The number of ether oxygens (including phenoxy) is 3. The molecular weight excluding hydrogens is 539 g/mol. The van der Waals surface area contributed by atoms with Gasteiger partial charge in [-0.3, -0.25) is 19.3 Å². The summed E-state index contributed by atoms with van der Waals surface area (Å²) in [7, 11) is 0. The SMILES string of the molecule is O=C(CN1C(=O)S/C(=C/c2cc(Cl)ccc2OCc2cccc(Cl)c2)C1=O)Nc1ccc2c(c1)OCO2. The molecule has 3 amide bonds. The van der Waals surface area contributed by atoms with Crippen molar-refractivity contribution in [1.82, 2.24) is 4.90 Å². The maximum atomic E-state index is 13.0. The van der Waals surface area contributed by atoms with Gasteiger partial charge in [0.1, 0.15) is 18.9 Å². The summed E-state index contributed by atoms with van der Waals surface area (Å²) in [5.41, 5.74) is 1.84. The summed E-state index contributed by atoms with van der Waals surface area (Å²) in [4.78, 5) is 39.1. The van der Waals surface area contributed by atoms with Gasteiger partial charge in [0.05, 0.1) is 4.91 Å². The predicted molar refractivity (Wildman–Crippen MR) is 141 cm³/mol. The highest BCUT2D eigenvalue weighted by atomic mass is 35.5.